The molecule has 0 aliphatic rings. The smallest absolute Gasteiger partial charge is 0.303 e. The highest BCUT2D eigenvalue weighted by molar-refractivity contribution is 5.66. The van der Waals surface area contributed by atoms with E-state index in [0.717, 1.165) is 25.3 Å². The molecule has 1 N–H and O–H groups in total. The van der Waals surface area contributed by atoms with Gasteiger partial charge in [-0.15, -0.1) is 0 Å². The van der Waals surface area contributed by atoms with E-state index >= 15 is 0 Å². The average molecular weight is 314 g/mol. The number of carbonyl (C=O) groups is 1. The summed E-state index contributed by atoms with van der Waals surface area (Å²) in [4.78, 5) is 12.8. The van der Waals surface area contributed by atoms with E-state index in [4.69, 9.17) is 5.11 Å². The number of hydrogen-bond donors (Lipinski definition) is 1. The van der Waals surface area contributed by atoms with Crippen LogP contribution >= 0.6 is 0 Å². The van der Waals surface area contributed by atoms with Crippen LogP contribution in [0.15, 0.2) is 0 Å². The predicted molar refractivity (Wildman–Crippen MR) is 95.4 cm³/mol. The highest BCUT2D eigenvalue weighted by Gasteiger charge is 2.09. The molecule has 0 saturated carbocycles. The van der Waals surface area contributed by atoms with Crippen molar-refractivity contribution in [3.63, 3.8) is 0 Å². The lowest BCUT2D eigenvalue weighted by molar-refractivity contribution is -0.137. The first-order chi connectivity index (χ1) is 10.6. The van der Waals surface area contributed by atoms with Crippen molar-refractivity contribution in [2.45, 2.75) is 90.4 Å². The molecular weight excluding hydrogens is 274 g/mol. The van der Waals surface area contributed by atoms with Crippen molar-refractivity contribution < 1.29 is 9.90 Å². The van der Waals surface area contributed by atoms with Crippen LogP contribution in [0.3, 0.4) is 0 Å². The first-order valence-corrected chi connectivity index (χ1v) is 9.42. The minimum atomic E-state index is -0.656. The molecule has 1 atom stereocenters. The molecule has 132 valence electrons. The van der Waals surface area contributed by atoms with Crippen LogP contribution in [0.5, 0.6) is 0 Å². The topological polar surface area (TPSA) is 40.5 Å². The Morgan fingerprint density at radius 2 is 1.41 bits per heavy atom. The van der Waals surface area contributed by atoms with Gasteiger partial charge in [0.25, 0.3) is 0 Å². The van der Waals surface area contributed by atoms with Gasteiger partial charge in [-0.05, 0) is 39.4 Å². The monoisotopic (exact) mass is 313 g/mol. The number of hydrogen-bond acceptors (Lipinski definition) is 2. The largest absolute Gasteiger partial charge is 0.481 e. The summed E-state index contributed by atoms with van der Waals surface area (Å²) >= 11 is 0. The molecule has 0 radical (unpaired) electrons. The van der Waals surface area contributed by atoms with E-state index in [-0.39, 0.29) is 0 Å². The number of carboxylic acid groups (broad SMARTS) is 1. The third-order valence-electron chi connectivity index (χ3n) is 4.45. The zero-order valence-corrected chi connectivity index (χ0v) is 15.3. The third-order valence-corrected chi connectivity index (χ3v) is 4.45. The third kappa shape index (κ3) is 15.8. The Morgan fingerprint density at radius 3 is 1.95 bits per heavy atom. The van der Waals surface area contributed by atoms with Gasteiger partial charge in [0.15, 0.2) is 0 Å². The highest BCUT2D eigenvalue weighted by Crippen LogP contribution is 2.21. The van der Waals surface area contributed by atoms with Gasteiger partial charge in [-0.3, -0.25) is 4.79 Å². The molecule has 1 unspecified atom stereocenters. The molecule has 22 heavy (non-hydrogen) atoms. The molecule has 0 fully saturated rings. The molecule has 0 amide bonds. The fourth-order valence-corrected chi connectivity index (χ4v) is 2.97. The molecule has 3 nitrogen and oxygen atoms in total. The maximum atomic E-state index is 10.6. The summed E-state index contributed by atoms with van der Waals surface area (Å²) in [7, 11) is 4.27. The molecule has 0 aromatic heterocycles. The van der Waals surface area contributed by atoms with Gasteiger partial charge in [-0.25, -0.2) is 0 Å². The van der Waals surface area contributed by atoms with Crippen molar-refractivity contribution in [2.24, 2.45) is 5.92 Å². The van der Waals surface area contributed by atoms with Crippen molar-refractivity contribution in [1.29, 1.82) is 0 Å². The molecule has 0 rings (SSSR count). The van der Waals surface area contributed by atoms with Gasteiger partial charge < -0.3 is 10.0 Å². The number of carboxylic acids is 1. The van der Waals surface area contributed by atoms with Gasteiger partial charge in [0.1, 0.15) is 0 Å². The first kappa shape index (κ1) is 21.4. The van der Waals surface area contributed by atoms with Crippen molar-refractivity contribution in [3.05, 3.63) is 0 Å². The molecule has 0 heterocycles. The van der Waals surface area contributed by atoms with Gasteiger partial charge in [-0.1, -0.05) is 71.1 Å². The van der Waals surface area contributed by atoms with Crippen LogP contribution in [0.4, 0.5) is 0 Å². The maximum absolute atomic E-state index is 10.6. The molecule has 0 spiro atoms. The van der Waals surface area contributed by atoms with Crippen LogP contribution in [-0.2, 0) is 4.79 Å². The van der Waals surface area contributed by atoms with E-state index in [0.29, 0.717) is 6.42 Å². The van der Waals surface area contributed by atoms with Crippen molar-refractivity contribution >= 4 is 5.97 Å². The van der Waals surface area contributed by atoms with Crippen LogP contribution in [0.25, 0.3) is 0 Å². The second-order valence-electron chi connectivity index (χ2n) is 7.01. The lowest BCUT2D eigenvalue weighted by Crippen LogP contribution is -2.17. The Labute approximate surface area is 138 Å². The molecule has 0 saturated heterocycles. The predicted octanol–water partition coefficient (Wildman–Crippen LogP) is 5.34. The SMILES string of the molecule is CCCCCCCCCC(CCCCC(=O)O)CCN(C)C. The Kier molecular flexibility index (Phi) is 14.9. The van der Waals surface area contributed by atoms with E-state index in [1.165, 1.54) is 64.2 Å². The fourth-order valence-electron chi connectivity index (χ4n) is 2.97. The standard InChI is InChI=1S/C19H39NO2/c1-4-5-6-7-8-9-10-13-18(16-17-20(2)3)14-11-12-15-19(21)22/h18H,4-17H2,1-3H3,(H,21,22). The van der Waals surface area contributed by atoms with Gasteiger partial charge in [0.05, 0.1) is 0 Å². The van der Waals surface area contributed by atoms with Crippen LogP contribution in [0, 0.1) is 5.92 Å². The minimum absolute atomic E-state index is 0.331. The summed E-state index contributed by atoms with van der Waals surface area (Å²) in [5, 5.41) is 8.71. The van der Waals surface area contributed by atoms with E-state index in [1.54, 1.807) is 0 Å². The summed E-state index contributed by atoms with van der Waals surface area (Å²) in [6.07, 6.45) is 15.6. The van der Waals surface area contributed by atoms with Gasteiger partial charge in [0.2, 0.25) is 0 Å². The fraction of sp³-hybridized carbons (Fsp3) is 0.947. The Balaban J connectivity index is 3.75. The molecule has 0 aliphatic heterocycles. The van der Waals surface area contributed by atoms with E-state index in [1.807, 2.05) is 0 Å². The summed E-state index contributed by atoms with van der Waals surface area (Å²) < 4.78 is 0. The second kappa shape index (κ2) is 15.3. The first-order valence-electron chi connectivity index (χ1n) is 9.42. The van der Waals surface area contributed by atoms with Gasteiger partial charge in [-0.2, -0.15) is 0 Å². The van der Waals surface area contributed by atoms with Crippen molar-refractivity contribution in [2.75, 3.05) is 20.6 Å². The normalized spacial score (nSPS) is 12.7. The van der Waals surface area contributed by atoms with Crippen molar-refractivity contribution in [3.8, 4) is 0 Å². The summed E-state index contributed by atoms with van der Waals surface area (Å²) in [6.45, 7) is 3.42. The Hall–Kier alpha value is -0.570. The van der Waals surface area contributed by atoms with Crippen LogP contribution in [-0.4, -0.2) is 36.6 Å². The molecule has 3 heteroatoms. The van der Waals surface area contributed by atoms with Crippen LogP contribution in [0.2, 0.25) is 0 Å². The summed E-state index contributed by atoms with van der Waals surface area (Å²) in [5.41, 5.74) is 0. The second-order valence-corrected chi connectivity index (χ2v) is 7.01. The maximum Gasteiger partial charge on any atom is 0.303 e. The Bertz CT molecular complexity index is 254. The van der Waals surface area contributed by atoms with E-state index in [9.17, 15) is 4.79 Å². The van der Waals surface area contributed by atoms with Crippen LogP contribution < -0.4 is 0 Å². The summed E-state index contributed by atoms with van der Waals surface area (Å²) in [5.74, 6) is 0.128. The van der Waals surface area contributed by atoms with Crippen molar-refractivity contribution in [1.82, 2.24) is 4.90 Å². The molecule has 0 aromatic carbocycles. The molecule has 0 aliphatic carbocycles. The number of rotatable bonds is 16. The summed E-state index contributed by atoms with van der Waals surface area (Å²) in [6, 6.07) is 0. The van der Waals surface area contributed by atoms with E-state index in [2.05, 4.69) is 25.9 Å². The lowest BCUT2D eigenvalue weighted by atomic mass is 9.91. The number of unbranched alkanes of at least 4 members (excludes halogenated alkanes) is 7. The quantitative estimate of drug-likeness (QED) is 0.391. The lowest BCUT2D eigenvalue weighted by Gasteiger charge is -2.19. The zero-order chi connectivity index (χ0) is 16.6. The van der Waals surface area contributed by atoms with Crippen LogP contribution in [0.1, 0.15) is 90.4 Å². The number of nitrogens with zero attached hydrogens (tertiary/aromatic N) is 1. The van der Waals surface area contributed by atoms with Gasteiger partial charge >= 0.3 is 5.97 Å². The minimum Gasteiger partial charge on any atom is -0.481 e. The molecule has 0 bridgehead atoms. The molecular formula is C19H39NO2. The number of aliphatic carboxylic acids is 1. The Morgan fingerprint density at radius 1 is 0.864 bits per heavy atom. The highest BCUT2D eigenvalue weighted by atomic mass is 16.4. The average Bonchev–Trinajstić information content (AvgIpc) is 2.46. The van der Waals surface area contributed by atoms with Gasteiger partial charge in [0, 0.05) is 6.42 Å². The van der Waals surface area contributed by atoms with E-state index < -0.39 is 5.97 Å². The zero-order valence-electron chi connectivity index (χ0n) is 15.3. The molecule has 0 aromatic rings.